The van der Waals surface area contributed by atoms with Crippen molar-refractivity contribution in [1.82, 2.24) is 0 Å². The molecule has 1 aromatic heterocycles. The standard InChI is InChI=1S/C20H18O6/c1-20(2,24)17-6-11-5-10(3-4-15(11)26-17)13-9-25-16-8-12(21)7-14(22)18(16)19(13)23/h3-5,7-9,17,21-22,24H,6H2,1-2H3/t17-/m1/s1. The summed E-state index contributed by atoms with van der Waals surface area (Å²) in [6.07, 6.45) is 1.49. The van der Waals surface area contributed by atoms with Gasteiger partial charge in [-0.15, -0.1) is 0 Å². The van der Waals surface area contributed by atoms with Gasteiger partial charge >= 0.3 is 0 Å². The number of ether oxygens (including phenoxy) is 1. The Hall–Kier alpha value is -2.99. The molecule has 0 amide bonds. The maximum Gasteiger partial charge on any atom is 0.204 e. The smallest absolute Gasteiger partial charge is 0.204 e. The molecule has 2 heterocycles. The fourth-order valence-corrected chi connectivity index (χ4v) is 3.23. The van der Waals surface area contributed by atoms with Gasteiger partial charge in [0.15, 0.2) is 0 Å². The lowest BCUT2D eigenvalue weighted by molar-refractivity contribution is -0.0229. The topological polar surface area (TPSA) is 100 Å². The second kappa shape index (κ2) is 5.51. The second-order valence-corrected chi connectivity index (χ2v) is 7.10. The van der Waals surface area contributed by atoms with Crippen molar-refractivity contribution >= 4 is 11.0 Å². The lowest BCUT2D eigenvalue weighted by Crippen LogP contribution is -2.39. The van der Waals surface area contributed by atoms with Crippen LogP contribution in [0.2, 0.25) is 0 Å². The first-order valence-corrected chi connectivity index (χ1v) is 8.24. The van der Waals surface area contributed by atoms with Crippen LogP contribution in [0.4, 0.5) is 0 Å². The number of aromatic hydroxyl groups is 2. The number of hydrogen-bond donors (Lipinski definition) is 3. The molecule has 0 bridgehead atoms. The molecule has 0 saturated carbocycles. The van der Waals surface area contributed by atoms with E-state index in [0.29, 0.717) is 23.3 Å². The molecule has 0 spiro atoms. The largest absolute Gasteiger partial charge is 0.508 e. The van der Waals surface area contributed by atoms with Gasteiger partial charge in [-0.2, -0.15) is 0 Å². The third-order valence-corrected chi connectivity index (χ3v) is 4.68. The molecule has 3 aromatic rings. The molecule has 1 aliphatic heterocycles. The summed E-state index contributed by atoms with van der Waals surface area (Å²) in [6, 6.07) is 7.71. The van der Waals surface area contributed by atoms with E-state index < -0.39 is 5.60 Å². The Morgan fingerprint density at radius 3 is 2.65 bits per heavy atom. The highest BCUT2D eigenvalue weighted by molar-refractivity contribution is 5.88. The maximum atomic E-state index is 12.8. The SMILES string of the molecule is CC(C)(O)[C@H]1Cc2cc(-c3coc4cc(O)cc(O)c4c3=O)ccc2O1. The van der Waals surface area contributed by atoms with Gasteiger partial charge in [0.25, 0.3) is 0 Å². The van der Waals surface area contributed by atoms with Crippen LogP contribution in [0, 0.1) is 0 Å². The monoisotopic (exact) mass is 354 g/mol. The van der Waals surface area contributed by atoms with Gasteiger partial charge in [0, 0.05) is 18.6 Å². The van der Waals surface area contributed by atoms with E-state index in [1.807, 2.05) is 6.07 Å². The molecule has 26 heavy (non-hydrogen) atoms. The molecule has 6 heteroatoms. The van der Waals surface area contributed by atoms with E-state index in [9.17, 15) is 20.1 Å². The van der Waals surface area contributed by atoms with Gasteiger partial charge in [-0.25, -0.2) is 0 Å². The van der Waals surface area contributed by atoms with E-state index in [-0.39, 0.29) is 34.0 Å². The van der Waals surface area contributed by atoms with Crippen LogP contribution < -0.4 is 10.2 Å². The van der Waals surface area contributed by atoms with E-state index in [0.717, 1.165) is 11.6 Å². The van der Waals surface area contributed by atoms with Crippen LogP contribution in [0.15, 0.2) is 45.8 Å². The predicted molar refractivity (Wildman–Crippen MR) is 95.7 cm³/mol. The summed E-state index contributed by atoms with van der Waals surface area (Å²) in [5, 5.41) is 29.7. The van der Waals surface area contributed by atoms with Gasteiger partial charge in [-0.3, -0.25) is 4.79 Å². The van der Waals surface area contributed by atoms with Crippen LogP contribution in [0.5, 0.6) is 17.2 Å². The Balaban J connectivity index is 1.81. The molecule has 0 fully saturated rings. The molecule has 0 radical (unpaired) electrons. The highest BCUT2D eigenvalue weighted by Crippen LogP contribution is 2.36. The Labute approximate surface area is 148 Å². The average Bonchev–Trinajstić information content (AvgIpc) is 2.98. The van der Waals surface area contributed by atoms with E-state index in [1.165, 1.54) is 12.3 Å². The predicted octanol–water partition coefficient (Wildman–Crippen LogP) is 2.95. The molecule has 4 rings (SSSR count). The van der Waals surface area contributed by atoms with Crippen molar-refractivity contribution in [3.05, 3.63) is 52.4 Å². The third-order valence-electron chi connectivity index (χ3n) is 4.68. The van der Waals surface area contributed by atoms with Gasteiger partial charge in [0.2, 0.25) is 5.43 Å². The van der Waals surface area contributed by atoms with E-state index >= 15 is 0 Å². The summed E-state index contributed by atoms with van der Waals surface area (Å²) in [5.41, 5.74) is 0.572. The minimum absolute atomic E-state index is 0.0198. The zero-order chi connectivity index (χ0) is 18.6. The Bertz CT molecular complexity index is 1070. The molecule has 0 aliphatic carbocycles. The number of phenolic OH excluding ortho intramolecular Hbond substituents is 2. The molecule has 0 saturated heterocycles. The molecule has 2 aromatic carbocycles. The number of hydrogen-bond acceptors (Lipinski definition) is 6. The number of rotatable bonds is 2. The Morgan fingerprint density at radius 1 is 1.15 bits per heavy atom. The Kier molecular flexibility index (Phi) is 3.49. The lowest BCUT2D eigenvalue weighted by Gasteiger charge is -2.24. The van der Waals surface area contributed by atoms with Gasteiger partial charge in [0.05, 0.1) is 11.2 Å². The number of aliphatic hydroxyl groups is 1. The minimum atomic E-state index is -0.977. The van der Waals surface area contributed by atoms with Crippen LogP contribution in [0.3, 0.4) is 0 Å². The lowest BCUT2D eigenvalue weighted by atomic mass is 9.95. The van der Waals surface area contributed by atoms with Crippen molar-refractivity contribution in [3.8, 4) is 28.4 Å². The van der Waals surface area contributed by atoms with Crippen LogP contribution in [-0.2, 0) is 6.42 Å². The summed E-state index contributed by atoms with van der Waals surface area (Å²) in [6.45, 7) is 3.39. The van der Waals surface area contributed by atoms with Gasteiger partial charge in [0.1, 0.15) is 40.6 Å². The summed E-state index contributed by atoms with van der Waals surface area (Å²) >= 11 is 0. The van der Waals surface area contributed by atoms with Gasteiger partial charge in [-0.05, 0) is 37.1 Å². The average molecular weight is 354 g/mol. The van der Waals surface area contributed by atoms with Crippen LogP contribution in [-0.4, -0.2) is 27.0 Å². The van der Waals surface area contributed by atoms with Crippen molar-refractivity contribution in [2.45, 2.75) is 32.0 Å². The van der Waals surface area contributed by atoms with Crippen LogP contribution in [0.25, 0.3) is 22.1 Å². The van der Waals surface area contributed by atoms with Gasteiger partial charge in [-0.1, -0.05) is 6.07 Å². The first-order chi connectivity index (χ1) is 12.2. The molecule has 3 N–H and O–H groups in total. The van der Waals surface area contributed by atoms with E-state index in [1.54, 1.807) is 26.0 Å². The number of fused-ring (bicyclic) bond motifs is 2. The highest BCUT2D eigenvalue weighted by atomic mass is 16.5. The first kappa shape index (κ1) is 16.5. The highest BCUT2D eigenvalue weighted by Gasteiger charge is 2.34. The van der Waals surface area contributed by atoms with Crippen molar-refractivity contribution < 1.29 is 24.5 Å². The maximum absolute atomic E-state index is 12.8. The number of phenols is 2. The van der Waals surface area contributed by atoms with E-state index in [2.05, 4.69) is 0 Å². The molecule has 1 atom stereocenters. The molecule has 134 valence electrons. The normalized spacial score (nSPS) is 16.5. The fraction of sp³-hybridized carbons (Fsp3) is 0.250. The van der Waals surface area contributed by atoms with Crippen molar-refractivity contribution in [2.75, 3.05) is 0 Å². The second-order valence-electron chi connectivity index (χ2n) is 7.10. The molecule has 1 aliphatic rings. The summed E-state index contributed by atoms with van der Waals surface area (Å²) in [7, 11) is 0. The van der Waals surface area contributed by atoms with Crippen LogP contribution >= 0.6 is 0 Å². The first-order valence-electron chi connectivity index (χ1n) is 8.24. The Morgan fingerprint density at radius 2 is 1.92 bits per heavy atom. The van der Waals surface area contributed by atoms with E-state index in [4.69, 9.17) is 9.15 Å². The van der Waals surface area contributed by atoms with Gasteiger partial charge < -0.3 is 24.5 Å². The fourth-order valence-electron chi connectivity index (χ4n) is 3.23. The minimum Gasteiger partial charge on any atom is -0.508 e. The zero-order valence-corrected chi connectivity index (χ0v) is 14.3. The van der Waals surface area contributed by atoms with Crippen molar-refractivity contribution in [1.29, 1.82) is 0 Å². The molecule has 0 unspecified atom stereocenters. The van der Waals surface area contributed by atoms with Crippen molar-refractivity contribution in [2.24, 2.45) is 0 Å². The summed E-state index contributed by atoms with van der Waals surface area (Å²) < 4.78 is 11.2. The van der Waals surface area contributed by atoms with Crippen LogP contribution in [0.1, 0.15) is 19.4 Å². The summed E-state index contributed by atoms with van der Waals surface area (Å²) in [4.78, 5) is 12.8. The molecule has 6 nitrogen and oxygen atoms in total. The number of benzene rings is 2. The summed E-state index contributed by atoms with van der Waals surface area (Å²) in [5.74, 6) is 0.166. The zero-order valence-electron chi connectivity index (χ0n) is 14.3. The molecular formula is C20H18O6. The molecular weight excluding hydrogens is 336 g/mol. The van der Waals surface area contributed by atoms with Crippen molar-refractivity contribution in [3.63, 3.8) is 0 Å². The third kappa shape index (κ3) is 2.59. The quantitative estimate of drug-likeness (QED) is 0.654.